The van der Waals surface area contributed by atoms with E-state index in [1.165, 1.54) is 49.0 Å². The molecule has 0 unspecified atom stereocenters. The molecule has 1 N–H and O–H groups in total. The summed E-state index contributed by atoms with van der Waals surface area (Å²) >= 11 is 6.46. The van der Waals surface area contributed by atoms with Gasteiger partial charge in [-0.05, 0) is 111 Å². The number of nitrogens with zero attached hydrogens (tertiary/aromatic N) is 2. The third-order valence-electron chi connectivity index (χ3n) is 10.2. The zero-order chi connectivity index (χ0) is 30.9. The van der Waals surface area contributed by atoms with Crippen LogP contribution in [0, 0.1) is 17.8 Å². The van der Waals surface area contributed by atoms with E-state index in [4.69, 9.17) is 11.6 Å². The number of hydrogen-bond donors (Lipinski definition) is 1. The first-order valence-electron chi connectivity index (χ1n) is 15.8. The van der Waals surface area contributed by atoms with Crippen LogP contribution in [0.4, 0.5) is 5.69 Å². The molecule has 4 aliphatic rings. The highest BCUT2D eigenvalue weighted by atomic mass is 35.5. The fraction of sp³-hybridized carbons (Fsp3) is 0.588. The van der Waals surface area contributed by atoms with Gasteiger partial charge < -0.3 is 10.2 Å². The third-order valence-corrected chi connectivity index (χ3v) is 11.7. The first-order chi connectivity index (χ1) is 20.4. The molecule has 234 valence electrons. The molecular formula is C34H46ClN3O4S. The summed E-state index contributed by atoms with van der Waals surface area (Å²) in [5, 5.41) is 3.48. The second kappa shape index (κ2) is 12.8. The monoisotopic (exact) mass is 627 g/mol. The summed E-state index contributed by atoms with van der Waals surface area (Å²) in [6.07, 6.45) is 10.0. The van der Waals surface area contributed by atoms with Gasteiger partial charge in [-0.1, -0.05) is 55.8 Å². The average Bonchev–Trinajstić information content (AvgIpc) is 2.95. The lowest BCUT2D eigenvalue weighted by Gasteiger charge is -2.57. The van der Waals surface area contributed by atoms with Crippen molar-refractivity contribution >= 4 is 39.1 Å². The summed E-state index contributed by atoms with van der Waals surface area (Å²) in [6, 6.07) is 14.2. The predicted molar refractivity (Wildman–Crippen MR) is 172 cm³/mol. The zero-order valence-corrected chi connectivity index (χ0v) is 27.5. The Hall–Kier alpha value is -2.58. The molecule has 0 aromatic heterocycles. The van der Waals surface area contributed by atoms with Gasteiger partial charge >= 0.3 is 0 Å². The average molecular weight is 628 g/mol. The number of carbonyl (C=O) groups excluding carboxylic acids is 2. The highest BCUT2D eigenvalue weighted by Gasteiger charge is 2.51. The minimum absolute atomic E-state index is 0.0566. The van der Waals surface area contributed by atoms with Crippen molar-refractivity contribution < 1.29 is 18.0 Å². The Balaban J connectivity index is 1.41. The molecule has 6 rings (SSSR count). The van der Waals surface area contributed by atoms with Crippen LogP contribution in [0.25, 0.3) is 0 Å². The molecule has 9 heteroatoms. The zero-order valence-electron chi connectivity index (χ0n) is 25.9. The van der Waals surface area contributed by atoms with Crippen LogP contribution < -0.4 is 9.62 Å². The van der Waals surface area contributed by atoms with Gasteiger partial charge in [-0.25, -0.2) is 8.42 Å². The maximum absolute atomic E-state index is 14.0. The standard InChI is InChI=1S/C34H46ClN3O4S/c1-5-23(3)36-33(40)31(6-2)37(21-27-9-7-8-10-30(27)35)32(39)22-38(43(4,41)42)29-13-11-28(12-14-29)34-18-24-15-25(19-34)17-26(16-24)20-34/h7-14,23-26,31H,5-6,15-22H2,1-4H3,(H,36,40)/t23-,24?,25?,26?,31+,34?/m0/s1. The van der Waals surface area contributed by atoms with Gasteiger partial charge in [0.1, 0.15) is 12.6 Å². The number of anilines is 1. The molecule has 0 aliphatic heterocycles. The minimum Gasteiger partial charge on any atom is -0.352 e. The maximum atomic E-state index is 14.0. The largest absolute Gasteiger partial charge is 0.352 e. The highest BCUT2D eigenvalue weighted by Crippen LogP contribution is 2.60. The lowest BCUT2D eigenvalue weighted by atomic mass is 9.48. The molecule has 4 saturated carbocycles. The Kier molecular flexibility index (Phi) is 9.48. The van der Waals surface area contributed by atoms with Crippen molar-refractivity contribution in [1.29, 1.82) is 0 Å². The number of hydrogen-bond acceptors (Lipinski definition) is 4. The molecule has 2 aromatic rings. The van der Waals surface area contributed by atoms with Crippen LogP contribution in [0.3, 0.4) is 0 Å². The number of sulfonamides is 1. The van der Waals surface area contributed by atoms with Crippen LogP contribution in [0.2, 0.25) is 5.02 Å². The van der Waals surface area contributed by atoms with Crippen LogP contribution in [-0.2, 0) is 31.6 Å². The van der Waals surface area contributed by atoms with E-state index < -0.39 is 28.5 Å². The Morgan fingerprint density at radius 3 is 2.05 bits per heavy atom. The van der Waals surface area contributed by atoms with Crippen molar-refractivity contribution in [1.82, 2.24) is 10.2 Å². The second-order valence-corrected chi connectivity index (χ2v) is 15.7. The lowest BCUT2D eigenvalue weighted by Crippen LogP contribution is -2.53. The minimum atomic E-state index is -3.80. The van der Waals surface area contributed by atoms with Gasteiger partial charge in [0.2, 0.25) is 21.8 Å². The number of rotatable bonds is 12. The fourth-order valence-electron chi connectivity index (χ4n) is 8.23. The Labute approximate surface area is 262 Å². The van der Waals surface area contributed by atoms with Gasteiger partial charge in [0.05, 0.1) is 11.9 Å². The van der Waals surface area contributed by atoms with Crippen LogP contribution in [0.5, 0.6) is 0 Å². The van der Waals surface area contributed by atoms with E-state index in [1.807, 2.05) is 51.1 Å². The molecule has 7 nitrogen and oxygen atoms in total. The quantitative estimate of drug-likeness (QED) is 0.299. The van der Waals surface area contributed by atoms with Crippen molar-refractivity contribution in [2.45, 2.75) is 96.2 Å². The van der Waals surface area contributed by atoms with Crippen molar-refractivity contribution in [3.05, 3.63) is 64.7 Å². The van der Waals surface area contributed by atoms with E-state index in [0.717, 1.165) is 34.7 Å². The second-order valence-electron chi connectivity index (χ2n) is 13.4. The summed E-state index contributed by atoms with van der Waals surface area (Å²) in [7, 11) is -3.80. The van der Waals surface area contributed by atoms with E-state index in [1.54, 1.807) is 6.07 Å². The molecular weight excluding hydrogens is 582 g/mol. The van der Waals surface area contributed by atoms with Crippen LogP contribution >= 0.6 is 11.6 Å². The van der Waals surface area contributed by atoms with Gasteiger partial charge in [0.15, 0.2) is 0 Å². The Morgan fingerprint density at radius 2 is 1.53 bits per heavy atom. The molecule has 4 bridgehead atoms. The number of amides is 2. The molecule has 4 fully saturated rings. The van der Waals surface area contributed by atoms with Crippen LogP contribution in [0.1, 0.15) is 83.3 Å². The van der Waals surface area contributed by atoms with E-state index in [0.29, 0.717) is 22.7 Å². The maximum Gasteiger partial charge on any atom is 0.244 e. The molecule has 0 heterocycles. The van der Waals surface area contributed by atoms with Gasteiger partial charge in [-0.2, -0.15) is 0 Å². The van der Waals surface area contributed by atoms with Crippen LogP contribution in [0.15, 0.2) is 48.5 Å². The van der Waals surface area contributed by atoms with E-state index in [9.17, 15) is 18.0 Å². The number of nitrogens with one attached hydrogen (secondary N) is 1. The van der Waals surface area contributed by atoms with Crippen molar-refractivity contribution in [2.75, 3.05) is 17.1 Å². The smallest absolute Gasteiger partial charge is 0.244 e. The van der Waals surface area contributed by atoms with E-state index in [-0.39, 0.29) is 23.9 Å². The predicted octanol–water partition coefficient (Wildman–Crippen LogP) is 6.30. The summed E-state index contributed by atoms with van der Waals surface area (Å²) < 4.78 is 27.4. The first kappa shape index (κ1) is 31.8. The lowest BCUT2D eigenvalue weighted by molar-refractivity contribution is -0.140. The van der Waals surface area contributed by atoms with Crippen LogP contribution in [-0.4, -0.2) is 50.0 Å². The summed E-state index contributed by atoms with van der Waals surface area (Å²) in [4.78, 5) is 28.9. The molecule has 2 aromatic carbocycles. The van der Waals surface area contributed by atoms with Crippen molar-refractivity contribution in [2.24, 2.45) is 17.8 Å². The summed E-state index contributed by atoms with van der Waals surface area (Å²) in [6.45, 7) is 5.44. The molecule has 0 radical (unpaired) electrons. The Bertz CT molecular complexity index is 1390. The molecule has 4 aliphatic carbocycles. The summed E-state index contributed by atoms with van der Waals surface area (Å²) in [5.41, 5.74) is 2.64. The first-order valence-corrected chi connectivity index (χ1v) is 18.1. The van der Waals surface area contributed by atoms with E-state index in [2.05, 4.69) is 17.4 Å². The number of carbonyl (C=O) groups is 2. The van der Waals surface area contributed by atoms with Gasteiger partial charge in [0.25, 0.3) is 0 Å². The van der Waals surface area contributed by atoms with Gasteiger partial charge in [0, 0.05) is 17.6 Å². The molecule has 2 amide bonds. The fourth-order valence-corrected chi connectivity index (χ4v) is 9.28. The van der Waals surface area contributed by atoms with Crippen molar-refractivity contribution in [3.8, 4) is 0 Å². The topological polar surface area (TPSA) is 86.8 Å². The van der Waals surface area contributed by atoms with E-state index >= 15 is 0 Å². The molecule has 2 atom stereocenters. The normalized spacial score (nSPS) is 25.7. The molecule has 0 saturated heterocycles. The SMILES string of the molecule is CC[C@H](C(=O)N[C@@H](C)CC)N(Cc1ccccc1Cl)C(=O)CN(c1ccc(C23CC4CC(CC(C4)C2)C3)cc1)S(C)(=O)=O. The molecule has 0 spiro atoms. The highest BCUT2D eigenvalue weighted by molar-refractivity contribution is 7.92. The third kappa shape index (κ3) is 6.90. The van der Waals surface area contributed by atoms with Crippen molar-refractivity contribution in [3.63, 3.8) is 0 Å². The summed E-state index contributed by atoms with van der Waals surface area (Å²) in [5.74, 6) is 1.71. The Morgan fingerprint density at radius 1 is 0.953 bits per heavy atom. The van der Waals surface area contributed by atoms with Gasteiger partial charge in [-0.3, -0.25) is 13.9 Å². The van der Waals surface area contributed by atoms with Gasteiger partial charge in [-0.15, -0.1) is 0 Å². The molecule has 43 heavy (non-hydrogen) atoms. The number of benzene rings is 2. The number of halogens is 1.